The van der Waals surface area contributed by atoms with Crippen molar-refractivity contribution in [1.82, 2.24) is 9.97 Å². The zero-order valence-electron chi connectivity index (χ0n) is 9.34. The lowest BCUT2D eigenvalue weighted by atomic mass is 10.3. The fraction of sp³-hybridized carbons (Fsp3) is 0.0909. The monoisotopic (exact) mass is 254 g/mol. The van der Waals surface area contributed by atoms with Gasteiger partial charge in [-0.2, -0.15) is 0 Å². The average molecular weight is 254 g/mol. The first-order valence-electron chi connectivity index (χ1n) is 5.02. The van der Waals surface area contributed by atoms with Crippen molar-refractivity contribution in [2.75, 3.05) is 17.7 Å². The Labute approximate surface area is 101 Å². The molecule has 1 heterocycles. The summed E-state index contributed by atoms with van der Waals surface area (Å²) in [4.78, 5) is 7.86. The van der Waals surface area contributed by atoms with E-state index in [1.807, 2.05) is 0 Å². The number of halogens is 3. The Hall–Kier alpha value is -2.31. The highest BCUT2D eigenvalue weighted by atomic mass is 19.2. The standard InChI is InChI=1S/C11H9F3N4/c1-15-8-4-16-5-9(18-8)17-7-3-2-6(12)10(13)11(7)14/h2-5H,1H3,(H2,15,17,18). The summed E-state index contributed by atoms with van der Waals surface area (Å²) in [5, 5.41) is 5.27. The summed E-state index contributed by atoms with van der Waals surface area (Å²) in [7, 11) is 1.64. The zero-order chi connectivity index (χ0) is 13.1. The van der Waals surface area contributed by atoms with Gasteiger partial charge < -0.3 is 10.6 Å². The highest BCUT2D eigenvalue weighted by Gasteiger charge is 2.13. The largest absolute Gasteiger partial charge is 0.372 e. The first kappa shape index (κ1) is 12.2. The molecule has 0 aliphatic rings. The minimum absolute atomic E-state index is 0.212. The van der Waals surface area contributed by atoms with E-state index in [9.17, 15) is 13.2 Å². The highest BCUT2D eigenvalue weighted by Crippen LogP contribution is 2.22. The number of anilines is 3. The molecule has 1 aromatic carbocycles. The van der Waals surface area contributed by atoms with Crippen LogP contribution in [0.1, 0.15) is 0 Å². The molecule has 0 aliphatic heterocycles. The van der Waals surface area contributed by atoms with Crippen LogP contribution in [0.25, 0.3) is 0 Å². The van der Waals surface area contributed by atoms with E-state index in [1.54, 1.807) is 7.05 Å². The highest BCUT2D eigenvalue weighted by molar-refractivity contribution is 5.57. The summed E-state index contributed by atoms with van der Waals surface area (Å²) < 4.78 is 39.1. The average Bonchev–Trinajstić information content (AvgIpc) is 2.40. The van der Waals surface area contributed by atoms with E-state index >= 15 is 0 Å². The van der Waals surface area contributed by atoms with E-state index in [-0.39, 0.29) is 11.5 Å². The molecule has 0 aliphatic carbocycles. The van der Waals surface area contributed by atoms with Gasteiger partial charge in [0.1, 0.15) is 5.82 Å². The third kappa shape index (κ3) is 2.34. The summed E-state index contributed by atoms with van der Waals surface area (Å²) in [5.74, 6) is -3.40. The van der Waals surface area contributed by atoms with Crippen molar-refractivity contribution in [3.8, 4) is 0 Å². The van der Waals surface area contributed by atoms with Crippen LogP contribution in [0.5, 0.6) is 0 Å². The molecule has 0 unspecified atom stereocenters. The van der Waals surface area contributed by atoms with Gasteiger partial charge in [0.15, 0.2) is 23.3 Å². The first-order chi connectivity index (χ1) is 8.61. The molecule has 2 N–H and O–H groups in total. The maximum absolute atomic E-state index is 13.4. The Bertz CT molecular complexity index is 574. The van der Waals surface area contributed by atoms with Gasteiger partial charge >= 0.3 is 0 Å². The van der Waals surface area contributed by atoms with Crippen LogP contribution >= 0.6 is 0 Å². The van der Waals surface area contributed by atoms with E-state index in [1.165, 1.54) is 12.4 Å². The predicted molar refractivity (Wildman–Crippen MR) is 61.2 cm³/mol. The fourth-order valence-corrected chi connectivity index (χ4v) is 1.31. The van der Waals surface area contributed by atoms with Gasteiger partial charge in [-0.3, -0.25) is 4.98 Å². The SMILES string of the molecule is CNc1cncc(Nc2ccc(F)c(F)c2F)n1. The van der Waals surface area contributed by atoms with Crippen molar-refractivity contribution in [1.29, 1.82) is 0 Å². The van der Waals surface area contributed by atoms with Crippen LogP contribution in [0.15, 0.2) is 24.5 Å². The number of aromatic nitrogens is 2. The lowest BCUT2D eigenvalue weighted by molar-refractivity contribution is 0.449. The maximum atomic E-state index is 13.4. The molecule has 0 fully saturated rings. The Morgan fingerprint density at radius 1 is 1.00 bits per heavy atom. The molecule has 4 nitrogen and oxygen atoms in total. The van der Waals surface area contributed by atoms with Gasteiger partial charge in [0, 0.05) is 7.05 Å². The summed E-state index contributed by atoms with van der Waals surface area (Å²) >= 11 is 0. The van der Waals surface area contributed by atoms with Gasteiger partial charge in [-0.05, 0) is 12.1 Å². The van der Waals surface area contributed by atoms with Crippen LogP contribution in [-0.4, -0.2) is 17.0 Å². The van der Waals surface area contributed by atoms with Gasteiger partial charge in [-0.15, -0.1) is 0 Å². The molecule has 0 bridgehead atoms. The minimum Gasteiger partial charge on any atom is -0.372 e. The Morgan fingerprint density at radius 3 is 2.44 bits per heavy atom. The maximum Gasteiger partial charge on any atom is 0.196 e. The van der Waals surface area contributed by atoms with Crippen molar-refractivity contribution >= 4 is 17.3 Å². The topological polar surface area (TPSA) is 49.8 Å². The smallest absolute Gasteiger partial charge is 0.196 e. The fourth-order valence-electron chi connectivity index (χ4n) is 1.31. The van der Waals surface area contributed by atoms with E-state index in [0.717, 1.165) is 12.1 Å². The van der Waals surface area contributed by atoms with Crippen molar-refractivity contribution in [2.45, 2.75) is 0 Å². The Balaban J connectivity index is 2.31. The molecule has 2 aromatic rings. The molecule has 0 saturated carbocycles. The van der Waals surface area contributed by atoms with Crippen molar-refractivity contribution < 1.29 is 13.2 Å². The second-order valence-electron chi connectivity index (χ2n) is 3.39. The second kappa shape index (κ2) is 4.91. The lowest BCUT2D eigenvalue weighted by Crippen LogP contribution is -2.02. The number of benzene rings is 1. The van der Waals surface area contributed by atoms with E-state index in [2.05, 4.69) is 20.6 Å². The van der Waals surface area contributed by atoms with Crippen LogP contribution in [0, 0.1) is 17.5 Å². The first-order valence-corrected chi connectivity index (χ1v) is 5.02. The predicted octanol–water partition coefficient (Wildman–Crippen LogP) is 2.68. The van der Waals surface area contributed by atoms with Gasteiger partial charge in [-0.25, -0.2) is 18.2 Å². The number of hydrogen-bond acceptors (Lipinski definition) is 4. The minimum atomic E-state index is -1.53. The number of hydrogen-bond donors (Lipinski definition) is 2. The van der Waals surface area contributed by atoms with Crippen LogP contribution in [0.3, 0.4) is 0 Å². The normalized spacial score (nSPS) is 10.2. The number of nitrogens with one attached hydrogen (secondary N) is 2. The lowest BCUT2D eigenvalue weighted by Gasteiger charge is -2.08. The molecule has 0 spiro atoms. The summed E-state index contributed by atoms with van der Waals surface area (Å²) in [5.41, 5.74) is -0.212. The van der Waals surface area contributed by atoms with Crippen LogP contribution in [-0.2, 0) is 0 Å². The Kier molecular flexibility index (Phi) is 3.31. The van der Waals surface area contributed by atoms with E-state index < -0.39 is 17.5 Å². The quantitative estimate of drug-likeness (QED) is 0.827. The van der Waals surface area contributed by atoms with E-state index in [0.29, 0.717) is 5.82 Å². The molecule has 0 atom stereocenters. The summed E-state index contributed by atoms with van der Waals surface area (Å²) in [6.45, 7) is 0. The van der Waals surface area contributed by atoms with Crippen LogP contribution in [0.4, 0.5) is 30.5 Å². The van der Waals surface area contributed by atoms with Crippen LogP contribution in [0.2, 0.25) is 0 Å². The van der Waals surface area contributed by atoms with Gasteiger partial charge in [0.05, 0.1) is 18.1 Å². The third-order valence-corrected chi connectivity index (χ3v) is 2.19. The molecule has 0 amide bonds. The summed E-state index contributed by atoms with van der Waals surface area (Å²) in [6.07, 6.45) is 2.80. The molecule has 2 rings (SSSR count). The van der Waals surface area contributed by atoms with Crippen LogP contribution < -0.4 is 10.6 Å². The van der Waals surface area contributed by atoms with Gasteiger partial charge in [0.25, 0.3) is 0 Å². The zero-order valence-corrected chi connectivity index (χ0v) is 9.34. The molecular formula is C11H9F3N4. The van der Waals surface area contributed by atoms with Crippen molar-refractivity contribution in [2.24, 2.45) is 0 Å². The molecule has 94 valence electrons. The molecule has 18 heavy (non-hydrogen) atoms. The molecule has 7 heteroatoms. The van der Waals surface area contributed by atoms with E-state index in [4.69, 9.17) is 0 Å². The van der Waals surface area contributed by atoms with Crippen molar-refractivity contribution in [3.63, 3.8) is 0 Å². The summed E-state index contributed by atoms with van der Waals surface area (Å²) in [6, 6.07) is 1.91. The van der Waals surface area contributed by atoms with Gasteiger partial charge in [-0.1, -0.05) is 0 Å². The van der Waals surface area contributed by atoms with Crippen molar-refractivity contribution in [3.05, 3.63) is 42.0 Å². The third-order valence-electron chi connectivity index (χ3n) is 2.19. The molecule has 0 saturated heterocycles. The molecule has 0 radical (unpaired) electrons. The number of nitrogens with zero attached hydrogens (tertiary/aromatic N) is 2. The number of rotatable bonds is 3. The van der Waals surface area contributed by atoms with Gasteiger partial charge in [0.2, 0.25) is 0 Å². The molecule has 1 aromatic heterocycles. The second-order valence-corrected chi connectivity index (χ2v) is 3.39. The molecular weight excluding hydrogens is 245 g/mol. The Morgan fingerprint density at radius 2 is 1.72 bits per heavy atom.